The quantitative estimate of drug-likeness (QED) is 0.440. The Morgan fingerprint density at radius 2 is 2.11 bits per heavy atom. The van der Waals surface area contributed by atoms with Gasteiger partial charge in [-0.25, -0.2) is 0 Å². The molecule has 1 heterocycles. The van der Waals surface area contributed by atoms with Gasteiger partial charge >= 0.3 is 5.00 Å². The zero-order valence-electron chi connectivity index (χ0n) is 11.0. The number of carbonyl (C=O) groups excluding carboxylic acids is 1. The fraction of sp³-hybridized carbons (Fsp3) is 0.583. The smallest absolute Gasteiger partial charge is 0.324 e. The number of hydrogen-bond acceptors (Lipinski definition) is 4. The molecule has 0 spiro atoms. The summed E-state index contributed by atoms with van der Waals surface area (Å²) in [6, 6.07) is 2.99. The molecule has 7 heteroatoms. The highest BCUT2D eigenvalue weighted by Gasteiger charge is 2.24. The van der Waals surface area contributed by atoms with Gasteiger partial charge in [0.25, 0.3) is 5.91 Å². The third-order valence-corrected chi connectivity index (χ3v) is 4.15. The first-order chi connectivity index (χ1) is 9.04. The van der Waals surface area contributed by atoms with Gasteiger partial charge in [-0.15, -0.1) is 11.6 Å². The van der Waals surface area contributed by atoms with Gasteiger partial charge in [0, 0.05) is 24.5 Å². The summed E-state index contributed by atoms with van der Waals surface area (Å²) < 4.78 is 0. The Morgan fingerprint density at radius 3 is 2.53 bits per heavy atom. The van der Waals surface area contributed by atoms with E-state index < -0.39 is 4.92 Å². The van der Waals surface area contributed by atoms with Gasteiger partial charge in [-0.1, -0.05) is 25.2 Å². The number of nitro groups is 1. The second-order valence-electron chi connectivity index (χ2n) is 4.05. The summed E-state index contributed by atoms with van der Waals surface area (Å²) in [5.41, 5.74) is 0. The molecule has 1 rings (SSSR count). The fourth-order valence-corrected chi connectivity index (χ4v) is 2.91. The number of nitrogens with zero attached hydrogens (tertiary/aromatic N) is 2. The minimum atomic E-state index is -0.482. The van der Waals surface area contributed by atoms with Crippen molar-refractivity contribution in [3.8, 4) is 0 Å². The molecule has 0 saturated carbocycles. The maximum absolute atomic E-state index is 12.4. The van der Waals surface area contributed by atoms with Crippen LogP contribution in [0, 0.1) is 10.1 Å². The van der Waals surface area contributed by atoms with Gasteiger partial charge in [0.2, 0.25) is 0 Å². The third kappa shape index (κ3) is 3.91. The van der Waals surface area contributed by atoms with E-state index in [2.05, 4.69) is 0 Å². The summed E-state index contributed by atoms with van der Waals surface area (Å²) >= 11 is 6.65. The van der Waals surface area contributed by atoms with Gasteiger partial charge in [0.1, 0.15) is 0 Å². The highest BCUT2D eigenvalue weighted by molar-refractivity contribution is 7.17. The molecule has 0 aliphatic carbocycles. The molecule has 1 amide bonds. The minimum Gasteiger partial charge on any atom is -0.334 e. The summed E-state index contributed by atoms with van der Waals surface area (Å²) in [7, 11) is 0. The van der Waals surface area contributed by atoms with E-state index in [-0.39, 0.29) is 17.0 Å². The molecule has 0 saturated heterocycles. The third-order valence-electron chi connectivity index (χ3n) is 2.95. The zero-order chi connectivity index (χ0) is 14.4. The van der Waals surface area contributed by atoms with Crippen molar-refractivity contribution >= 4 is 33.8 Å². The molecule has 19 heavy (non-hydrogen) atoms. The van der Waals surface area contributed by atoms with Gasteiger partial charge in [0.15, 0.2) is 0 Å². The van der Waals surface area contributed by atoms with E-state index in [0.717, 1.165) is 24.2 Å². The van der Waals surface area contributed by atoms with Crippen molar-refractivity contribution in [1.82, 2.24) is 4.90 Å². The van der Waals surface area contributed by atoms with Gasteiger partial charge in [-0.05, 0) is 18.9 Å². The van der Waals surface area contributed by atoms with E-state index in [1.807, 2.05) is 13.8 Å². The van der Waals surface area contributed by atoms with Crippen LogP contribution in [0.2, 0.25) is 0 Å². The number of halogens is 1. The predicted molar refractivity (Wildman–Crippen MR) is 77.1 cm³/mol. The second kappa shape index (κ2) is 7.45. The number of thiophene rings is 1. The van der Waals surface area contributed by atoms with Crippen LogP contribution >= 0.6 is 22.9 Å². The Kier molecular flexibility index (Phi) is 6.24. The Morgan fingerprint density at radius 1 is 1.47 bits per heavy atom. The Hall–Kier alpha value is -1.14. The van der Waals surface area contributed by atoms with Gasteiger partial charge < -0.3 is 4.90 Å². The Balaban J connectivity index is 2.94. The highest BCUT2D eigenvalue weighted by Crippen LogP contribution is 2.26. The molecule has 0 aliphatic heterocycles. The summed E-state index contributed by atoms with van der Waals surface area (Å²) in [5, 5.41) is 10.6. The number of amides is 1. The van der Waals surface area contributed by atoms with E-state index in [0.29, 0.717) is 17.3 Å². The van der Waals surface area contributed by atoms with Crippen molar-refractivity contribution in [2.24, 2.45) is 0 Å². The van der Waals surface area contributed by atoms with Crippen molar-refractivity contribution in [2.45, 2.75) is 32.7 Å². The molecule has 0 unspecified atom stereocenters. The number of carbonyl (C=O) groups is 1. The largest absolute Gasteiger partial charge is 0.334 e. The van der Waals surface area contributed by atoms with Crippen LogP contribution in [-0.4, -0.2) is 34.2 Å². The van der Waals surface area contributed by atoms with Crippen LogP contribution in [0.5, 0.6) is 0 Å². The second-order valence-corrected chi connectivity index (χ2v) is 5.49. The molecule has 0 atom stereocenters. The lowest BCUT2D eigenvalue weighted by molar-refractivity contribution is -0.380. The van der Waals surface area contributed by atoms with E-state index >= 15 is 0 Å². The van der Waals surface area contributed by atoms with Crippen LogP contribution in [-0.2, 0) is 0 Å². The van der Waals surface area contributed by atoms with Gasteiger partial charge in [-0.2, -0.15) is 0 Å². The first-order valence-corrected chi connectivity index (χ1v) is 7.51. The molecule has 0 radical (unpaired) electrons. The van der Waals surface area contributed by atoms with Crippen LogP contribution in [0.15, 0.2) is 12.1 Å². The summed E-state index contributed by atoms with van der Waals surface area (Å²) in [4.78, 5) is 24.7. The molecule has 0 aliphatic rings. The monoisotopic (exact) mass is 304 g/mol. The van der Waals surface area contributed by atoms with E-state index in [9.17, 15) is 14.9 Å². The normalized spacial score (nSPS) is 10.7. The summed E-state index contributed by atoms with van der Waals surface area (Å²) in [6.45, 7) is 4.48. The lowest BCUT2D eigenvalue weighted by Crippen LogP contribution is -2.40. The SMILES string of the molecule is CCC(CC)N(CCCl)C(=O)c1ccc([N+](=O)[O-])s1. The molecule has 0 N–H and O–H groups in total. The average Bonchev–Trinajstić information content (AvgIpc) is 2.88. The van der Waals surface area contributed by atoms with E-state index in [1.165, 1.54) is 12.1 Å². The lowest BCUT2D eigenvalue weighted by atomic mass is 10.1. The molecule has 1 aromatic heterocycles. The molecule has 0 fully saturated rings. The molecule has 0 bridgehead atoms. The number of rotatable bonds is 7. The van der Waals surface area contributed by atoms with Crippen molar-refractivity contribution in [2.75, 3.05) is 12.4 Å². The Labute approximate surface area is 121 Å². The van der Waals surface area contributed by atoms with Crippen LogP contribution in [0.3, 0.4) is 0 Å². The van der Waals surface area contributed by atoms with Crippen LogP contribution in [0.25, 0.3) is 0 Å². The van der Waals surface area contributed by atoms with Crippen LogP contribution in [0.4, 0.5) is 5.00 Å². The number of alkyl halides is 1. The lowest BCUT2D eigenvalue weighted by Gasteiger charge is -2.29. The topological polar surface area (TPSA) is 63.5 Å². The zero-order valence-corrected chi connectivity index (χ0v) is 12.5. The van der Waals surface area contributed by atoms with Crippen LogP contribution in [0.1, 0.15) is 36.4 Å². The molecular formula is C12H17ClN2O3S. The molecular weight excluding hydrogens is 288 g/mol. The Bertz CT molecular complexity index is 446. The van der Waals surface area contributed by atoms with Crippen molar-refractivity contribution in [3.05, 3.63) is 27.1 Å². The van der Waals surface area contributed by atoms with Gasteiger partial charge in [-0.3, -0.25) is 14.9 Å². The first kappa shape index (κ1) is 15.9. The maximum Gasteiger partial charge on any atom is 0.324 e. The standard InChI is InChI=1S/C12H17ClN2O3S/c1-3-9(4-2)14(8-7-13)12(16)10-5-6-11(19-10)15(17)18/h5-6,9H,3-4,7-8H2,1-2H3. The van der Waals surface area contributed by atoms with E-state index in [4.69, 9.17) is 11.6 Å². The maximum atomic E-state index is 12.4. The van der Waals surface area contributed by atoms with E-state index in [1.54, 1.807) is 4.90 Å². The van der Waals surface area contributed by atoms with Crippen molar-refractivity contribution in [1.29, 1.82) is 0 Å². The predicted octanol–water partition coefficient (Wildman–Crippen LogP) is 3.53. The highest BCUT2D eigenvalue weighted by atomic mass is 35.5. The fourth-order valence-electron chi connectivity index (χ4n) is 1.95. The minimum absolute atomic E-state index is 0.0151. The molecule has 106 valence electrons. The number of hydrogen-bond donors (Lipinski definition) is 0. The summed E-state index contributed by atoms with van der Waals surface area (Å²) in [5.74, 6) is 0.183. The molecule has 0 aromatic carbocycles. The molecule has 5 nitrogen and oxygen atoms in total. The van der Waals surface area contributed by atoms with Gasteiger partial charge in [0.05, 0.1) is 9.80 Å². The van der Waals surface area contributed by atoms with Crippen LogP contribution < -0.4 is 0 Å². The molecule has 1 aromatic rings. The average molecular weight is 305 g/mol. The first-order valence-electron chi connectivity index (χ1n) is 6.16. The summed E-state index contributed by atoms with van der Waals surface area (Å²) in [6.07, 6.45) is 1.68. The van der Waals surface area contributed by atoms with Crippen molar-refractivity contribution in [3.63, 3.8) is 0 Å². The van der Waals surface area contributed by atoms with Crippen molar-refractivity contribution < 1.29 is 9.72 Å².